The third-order valence-electron chi connectivity index (χ3n) is 4.93. The molecule has 0 aromatic carbocycles. The van der Waals surface area contributed by atoms with Gasteiger partial charge in [-0.1, -0.05) is 31.5 Å². The fraction of sp³-hybridized carbons (Fsp3) is 0.400. The lowest BCUT2D eigenvalue weighted by molar-refractivity contribution is 0.140. The highest BCUT2D eigenvalue weighted by atomic mass is 35.5. The number of aromatic nitrogens is 2. The Morgan fingerprint density at radius 1 is 1.23 bits per heavy atom. The zero-order valence-electron chi connectivity index (χ0n) is 15.6. The van der Waals surface area contributed by atoms with Crippen molar-refractivity contribution in [3.05, 3.63) is 69.1 Å². The molecule has 6 heteroatoms. The summed E-state index contributed by atoms with van der Waals surface area (Å²) in [6.45, 7) is 9.42. The number of pyridine rings is 1. The van der Waals surface area contributed by atoms with Crippen molar-refractivity contribution in [1.82, 2.24) is 14.3 Å². The van der Waals surface area contributed by atoms with E-state index in [9.17, 15) is 4.79 Å². The predicted octanol–water partition coefficient (Wildman–Crippen LogP) is 4.30. The third kappa shape index (κ3) is 3.69. The van der Waals surface area contributed by atoms with Gasteiger partial charge in [0.2, 0.25) is 0 Å². The van der Waals surface area contributed by atoms with Crippen molar-refractivity contribution in [2.24, 2.45) is 5.92 Å². The molecule has 0 amide bonds. The number of nitrogens with zero attached hydrogens (tertiary/aromatic N) is 3. The largest absolute Gasteiger partial charge is 0.468 e. The monoisotopic (exact) mass is 373 g/mol. The maximum atomic E-state index is 13.0. The molecule has 0 radical (unpaired) electrons. The molecule has 3 aromatic heterocycles. The molecule has 3 rings (SSSR count). The molecule has 0 unspecified atom stereocenters. The quantitative estimate of drug-likeness (QED) is 0.604. The molecule has 3 heterocycles. The van der Waals surface area contributed by atoms with Gasteiger partial charge in [0.25, 0.3) is 5.56 Å². The number of fused-ring (bicyclic) bond motifs is 1. The van der Waals surface area contributed by atoms with Crippen molar-refractivity contribution in [2.75, 3.05) is 0 Å². The normalized spacial score (nSPS) is 13.0. The van der Waals surface area contributed by atoms with Crippen molar-refractivity contribution in [3.63, 3.8) is 0 Å². The Morgan fingerprint density at radius 3 is 2.65 bits per heavy atom. The van der Waals surface area contributed by atoms with Crippen LogP contribution in [0.4, 0.5) is 0 Å². The second-order valence-corrected chi connectivity index (χ2v) is 7.40. The van der Waals surface area contributed by atoms with Crippen LogP contribution in [-0.2, 0) is 13.1 Å². The Hall–Kier alpha value is -2.11. The van der Waals surface area contributed by atoms with Gasteiger partial charge in [-0.25, -0.2) is 4.98 Å². The number of hydrogen-bond acceptors (Lipinski definition) is 4. The van der Waals surface area contributed by atoms with Crippen LogP contribution in [0, 0.1) is 12.8 Å². The molecule has 0 aliphatic heterocycles. The highest BCUT2D eigenvalue weighted by molar-refractivity contribution is 6.30. The first kappa shape index (κ1) is 18.7. The molecule has 0 spiro atoms. The molecule has 0 saturated carbocycles. The third-order valence-corrected chi connectivity index (χ3v) is 5.25. The summed E-state index contributed by atoms with van der Waals surface area (Å²) >= 11 is 6.42. The number of furan rings is 1. The summed E-state index contributed by atoms with van der Waals surface area (Å²) < 4.78 is 7.08. The fourth-order valence-corrected chi connectivity index (χ4v) is 3.23. The standard InChI is InChI=1S/C20H24ClN3O2/c1-13(2)15(4)23(11-16-8-6-10-26-16)12-17-18(21)22-19-14(3)7-5-9-24(19)20(17)25/h5-10,13,15H,11-12H2,1-4H3/t15-/m1/s1. The number of rotatable bonds is 6. The average molecular weight is 374 g/mol. The fourth-order valence-electron chi connectivity index (χ4n) is 3.01. The lowest BCUT2D eigenvalue weighted by Crippen LogP contribution is -2.38. The van der Waals surface area contributed by atoms with Crippen LogP contribution in [0.5, 0.6) is 0 Å². The molecule has 0 aliphatic rings. The van der Waals surface area contributed by atoms with Gasteiger partial charge >= 0.3 is 0 Å². The molecule has 0 saturated heterocycles. The lowest BCUT2D eigenvalue weighted by Gasteiger charge is -2.31. The van der Waals surface area contributed by atoms with Crippen LogP contribution in [0.1, 0.15) is 37.7 Å². The summed E-state index contributed by atoms with van der Waals surface area (Å²) in [7, 11) is 0. The number of hydrogen-bond donors (Lipinski definition) is 0. The van der Waals surface area contributed by atoms with Crippen molar-refractivity contribution in [2.45, 2.75) is 46.8 Å². The van der Waals surface area contributed by atoms with Gasteiger partial charge in [-0.2, -0.15) is 0 Å². The van der Waals surface area contributed by atoms with E-state index in [-0.39, 0.29) is 16.8 Å². The van der Waals surface area contributed by atoms with Crippen molar-refractivity contribution >= 4 is 17.2 Å². The molecular weight excluding hydrogens is 350 g/mol. The van der Waals surface area contributed by atoms with Gasteiger partial charge in [-0.15, -0.1) is 0 Å². The second-order valence-electron chi connectivity index (χ2n) is 7.04. The van der Waals surface area contributed by atoms with Crippen molar-refractivity contribution in [1.29, 1.82) is 0 Å². The Balaban J connectivity index is 2.02. The topological polar surface area (TPSA) is 50.8 Å². The molecule has 0 N–H and O–H groups in total. The highest BCUT2D eigenvalue weighted by Gasteiger charge is 2.22. The van der Waals surface area contributed by atoms with Gasteiger partial charge in [-0.05, 0) is 43.5 Å². The van der Waals surface area contributed by atoms with Crippen molar-refractivity contribution in [3.8, 4) is 0 Å². The van der Waals surface area contributed by atoms with E-state index in [1.165, 1.54) is 0 Å². The maximum Gasteiger partial charge on any atom is 0.263 e. The lowest BCUT2D eigenvalue weighted by atomic mass is 10.0. The molecule has 5 nitrogen and oxygen atoms in total. The molecule has 138 valence electrons. The average Bonchev–Trinajstić information content (AvgIpc) is 3.11. The second kappa shape index (κ2) is 7.64. The van der Waals surface area contributed by atoms with E-state index in [2.05, 4.69) is 30.7 Å². The van der Waals surface area contributed by atoms with E-state index < -0.39 is 0 Å². The summed E-state index contributed by atoms with van der Waals surface area (Å²) in [5.74, 6) is 1.28. The van der Waals surface area contributed by atoms with Crippen molar-refractivity contribution < 1.29 is 4.42 Å². The van der Waals surface area contributed by atoms with Crippen LogP contribution in [0.3, 0.4) is 0 Å². The minimum absolute atomic E-state index is 0.121. The first-order valence-corrected chi connectivity index (χ1v) is 9.19. The SMILES string of the molecule is Cc1cccn2c(=O)c(CN(Cc3ccco3)[C@H](C)C(C)C)c(Cl)nc12. The molecule has 0 aliphatic carbocycles. The Kier molecular flexibility index (Phi) is 5.49. The molecule has 0 bridgehead atoms. The van der Waals surface area contributed by atoms with Gasteiger partial charge < -0.3 is 4.42 Å². The molecule has 26 heavy (non-hydrogen) atoms. The minimum atomic E-state index is -0.121. The Labute approximate surface area is 158 Å². The first-order valence-electron chi connectivity index (χ1n) is 8.81. The van der Waals surface area contributed by atoms with Crippen LogP contribution < -0.4 is 5.56 Å². The zero-order chi connectivity index (χ0) is 18.8. The highest BCUT2D eigenvalue weighted by Crippen LogP contribution is 2.21. The van der Waals surface area contributed by atoms with Crippen LogP contribution in [0.2, 0.25) is 5.15 Å². The summed E-state index contributed by atoms with van der Waals surface area (Å²) in [5, 5.41) is 0.268. The summed E-state index contributed by atoms with van der Waals surface area (Å²) in [5.41, 5.74) is 1.90. The summed E-state index contributed by atoms with van der Waals surface area (Å²) in [4.78, 5) is 19.7. The minimum Gasteiger partial charge on any atom is -0.468 e. The number of halogens is 1. The van der Waals surface area contributed by atoms with E-state index in [0.29, 0.717) is 30.2 Å². The van der Waals surface area contributed by atoms with Gasteiger partial charge in [0.15, 0.2) is 0 Å². The zero-order valence-corrected chi connectivity index (χ0v) is 16.3. The number of aryl methyl sites for hydroxylation is 1. The summed E-state index contributed by atoms with van der Waals surface area (Å²) in [6.07, 6.45) is 3.40. The summed E-state index contributed by atoms with van der Waals surface area (Å²) in [6, 6.07) is 7.82. The molecule has 0 fully saturated rings. The van der Waals surface area contributed by atoms with E-state index in [4.69, 9.17) is 16.0 Å². The maximum absolute atomic E-state index is 13.0. The van der Waals surface area contributed by atoms with Gasteiger partial charge in [0.05, 0.1) is 18.4 Å². The van der Waals surface area contributed by atoms with Crippen LogP contribution in [0.25, 0.3) is 5.65 Å². The smallest absolute Gasteiger partial charge is 0.263 e. The van der Waals surface area contributed by atoms with Crippen LogP contribution in [0.15, 0.2) is 45.9 Å². The Bertz CT molecular complexity index is 948. The first-order chi connectivity index (χ1) is 12.4. The van der Waals surface area contributed by atoms with Crippen LogP contribution in [-0.4, -0.2) is 20.3 Å². The van der Waals surface area contributed by atoms with Gasteiger partial charge in [-0.3, -0.25) is 14.1 Å². The Morgan fingerprint density at radius 2 is 2.00 bits per heavy atom. The van der Waals surface area contributed by atoms with Gasteiger partial charge in [0.1, 0.15) is 16.6 Å². The van der Waals surface area contributed by atoms with Crippen LogP contribution >= 0.6 is 11.6 Å². The van der Waals surface area contributed by atoms with E-state index in [0.717, 1.165) is 11.3 Å². The molecule has 3 aromatic rings. The molecule has 1 atom stereocenters. The predicted molar refractivity (Wildman–Crippen MR) is 103 cm³/mol. The van der Waals surface area contributed by atoms with E-state index >= 15 is 0 Å². The van der Waals surface area contributed by atoms with Gasteiger partial charge in [0, 0.05) is 18.8 Å². The van der Waals surface area contributed by atoms with E-state index in [1.54, 1.807) is 16.9 Å². The molecular formula is C20H24ClN3O2. The van der Waals surface area contributed by atoms with E-state index in [1.807, 2.05) is 31.2 Å².